The van der Waals surface area contributed by atoms with Gasteiger partial charge in [-0.15, -0.1) is 0 Å². The third-order valence-corrected chi connectivity index (χ3v) is 7.31. The number of methoxy groups -OCH3 is 1. The Bertz CT molecular complexity index is 1240. The summed E-state index contributed by atoms with van der Waals surface area (Å²) >= 11 is 0. The summed E-state index contributed by atoms with van der Waals surface area (Å²) in [4.78, 5) is 12.7. The molecule has 33 heavy (non-hydrogen) atoms. The molecule has 4 rings (SSSR count). The second kappa shape index (κ2) is 9.54. The first-order valence-electron chi connectivity index (χ1n) is 10.7. The largest absolute Gasteiger partial charge is 0.497 e. The minimum Gasteiger partial charge on any atom is -0.497 e. The highest BCUT2D eigenvalue weighted by molar-refractivity contribution is 7.92. The zero-order valence-electron chi connectivity index (χ0n) is 18.6. The van der Waals surface area contributed by atoms with Gasteiger partial charge >= 0.3 is 0 Å². The Morgan fingerprint density at radius 1 is 1.00 bits per heavy atom. The molecule has 0 aliphatic carbocycles. The van der Waals surface area contributed by atoms with Gasteiger partial charge in [0.25, 0.3) is 15.9 Å². The maximum Gasteiger partial charge on any atom is 0.264 e. The van der Waals surface area contributed by atoms with Crippen molar-refractivity contribution in [1.29, 1.82) is 0 Å². The molecule has 1 aliphatic heterocycles. The number of nitrogens with zero attached hydrogens (tertiary/aromatic N) is 1. The zero-order valence-corrected chi connectivity index (χ0v) is 19.4. The maximum atomic E-state index is 13.3. The Kier molecular flexibility index (Phi) is 6.55. The van der Waals surface area contributed by atoms with Gasteiger partial charge in [-0.3, -0.25) is 9.10 Å². The van der Waals surface area contributed by atoms with E-state index < -0.39 is 10.0 Å². The van der Waals surface area contributed by atoms with Crippen molar-refractivity contribution < 1.29 is 22.7 Å². The summed E-state index contributed by atoms with van der Waals surface area (Å²) in [7, 11) is -2.13. The Balaban J connectivity index is 1.49. The van der Waals surface area contributed by atoms with Crippen LogP contribution < -0.4 is 19.1 Å². The molecular formula is C25H26N2O5S. The molecule has 1 aliphatic rings. The lowest BCUT2D eigenvalue weighted by atomic mass is 10.0. The number of aryl methyl sites for hydroxylation is 2. The number of sulfonamides is 1. The molecule has 0 unspecified atom stereocenters. The van der Waals surface area contributed by atoms with Gasteiger partial charge in [0.2, 0.25) is 0 Å². The lowest BCUT2D eigenvalue weighted by Crippen LogP contribution is -2.35. The molecular weight excluding hydrogens is 440 g/mol. The van der Waals surface area contributed by atoms with Crippen molar-refractivity contribution in [2.24, 2.45) is 0 Å². The summed E-state index contributed by atoms with van der Waals surface area (Å²) in [6, 6.07) is 19.1. The van der Waals surface area contributed by atoms with Crippen molar-refractivity contribution in [3.05, 3.63) is 77.9 Å². The summed E-state index contributed by atoms with van der Waals surface area (Å²) < 4.78 is 38.7. The van der Waals surface area contributed by atoms with Crippen LogP contribution in [0.4, 0.5) is 11.4 Å². The van der Waals surface area contributed by atoms with E-state index in [1.807, 2.05) is 13.0 Å². The summed E-state index contributed by atoms with van der Waals surface area (Å²) in [5.74, 6) is 0.910. The molecule has 1 heterocycles. The molecule has 8 heteroatoms. The van der Waals surface area contributed by atoms with Crippen LogP contribution in [0.1, 0.15) is 17.5 Å². The number of rotatable bonds is 7. The topological polar surface area (TPSA) is 84.9 Å². The monoisotopic (exact) mass is 466 g/mol. The van der Waals surface area contributed by atoms with Gasteiger partial charge in [0.05, 0.1) is 17.7 Å². The number of nitrogens with one attached hydrogen (secondary N) is 1. The molecule has 172 valence electrons. The lowest BCUT2D eigenvalue weighted by Gasteiger charge is -2.31. The highest BCUT2D eigenvalue weighted by atomic mass is 32.2. The fraction of sp³-hybridized carbons (Fsp3) is 0.240. The molecule has 1 N–H and O–H groups in total. The van der Waals surface area contributed by atoms with E-state index in [0.717, 1.165) is 24.0 Å². The summed E-state index contributed by atoms with van der Waals surface area (Å²) in [5.41, 5.74) is 3.04. The molecule has 0 fully saturated rings. The van der Waals surface area contributed by atoms with Crippen molar-refractivity contribution in [2.45, 2.75) is 24.7 Å². The van der Waals surface area contributed by atoms with Gasteiger partial charge in [0, 0.05) is 12.2 Å². The van der Waals surface area contributed by atoms with Gasteiger partial charge < -0.3 is 14.8 Å². The highest BCUT2D eigenvalue weighted by Gasteiger charge is 2.29. The van der Waals surface area contributed by atoms with E-state index >= 15 is 0 Å². The predicted octanol–water partition coefficient (Wildman–Crippen LogP) is 4.16. The van der Waals surface area contributed by atoms with Crippen LogP contribution in [0.25, 0.3) is 0 Å². The number of anilines is 2. The standard InChI is InChI=1S/C25H26N2O5S/c1-18-5-13-23(14-6-18)33(29,30)27-15-3-4-19-7-8-20(16-24(19)27)26-25(28)17-32-22-11-9-21(31-2)10-12-22/h5-14,16H,3-4,15,17H2,1-2H3,(H,26,28). The van der Waals surface area contributed by atoms with Gasteiger partial charge in [-0.2, -0.15) is 0 Å². The van der Waals surface area contributed by atoms with Crippen LogP contribution in [0.3, 0.4) is 0 Å². The minimum absolute atomic E-state index is 0.172. The second-order valence-corrected chi connectivity index (χ2v) is 9.71. The van der Waals surface area contributed by atoms with Crippen LogP contribution in [0.2, 0.25) is 0 Å². The fourth-order valence-electron chi connectivity index (χ4n) is 3.72. The average Bonchev–Trinajstić information content (AvgIpc) is 2.83. The highest BCUT2D eigenvalue weighted by Crippen LogP contribution is 2.34. The summed E-state index contributed by atoms with van der Waals surface area (Å²) in [6.45, 7) is 2.13. The number of hydrogen-bond donors (Lipinski definition) is 1. The number of benzene rings is 3. The zero-order chi connectivity index (χ0) is 23.4. The normalized spacial score (nSPS) is 13.2. The Morgan fingerprint density at radius 3 is 2.39 bits per heavy atom. The molecule has 0 saturated carbocycles. The van der Waals surface area contributed by atoms with Gasteiger partial charge in [0.1, 0.15) is 11.5 Å². The van der Waals surface area contributed by atoms with Crippen LogP contribution in [0, 0.1) is 6.92 Å². The summed E-state index contributed by atoms with van der Waals surface area (Å²) in [6.07, 6.45) is 1.52. The number of carbonyl (C=O) groups is 1. The molecule has 7 nitrogen and oxygen atoms in total. The number of carbonyl (C=O) groups excluding carboxylic acids is 1. The van der Waals surface area contributed by atoms with Crippen LogP contribution in [-0.2, 0) is 21.2 Å². The molecule has 0 aromatic heterocycles. The fourth-order valence-corrected chi connectivity index (χ4v) is 5.26. The van der Waals surface area contributed by atoms with E-state index in [0.29, 0.717) is 29.4 Å². The average molecular weight is 467 g/mol. The number of amides is 1. The first-order chi connectivity index (χ1) is 15.9. The second-order valence-electron chi connectivity index (χ2n) is 7.85. The van der Waals surface area contributed by atoms with Gasteiger partial charge in [-0.05, 0) is 73.9 Å². The minimum atomic E-state index is -3.70. The van der Waals surface area contributed by atoms with E-state index in [1.165, 1.54) is 4.31 Å². The van der Waals surface area contributed by atoms with Crippen molar-refractivity contribution >= 4 is 27.3 Å². The lowest BCUT2D eigenvalue weighted by molar-refractivity contribution is -0.118. The SMILES string of the molecule is COc1ccc(OCC(=O)Nc2ccc3c(c2)N(S(=O)(=O)c2ccc(C)cc2)CCC3)cc1. The van der Waals surface area contributed by atoms with Gasteiger partial charge in [0.15, 0.2) is 6.61 Å². The van der Waals surface area contributed by atoms with E-state index in [4.69, 9.17) is 9.47 Å². The van der Waals surface area contributed by atoms with Crippen LogP contribution >= 0.6 is 0 Å². The molecule has 0 spiro atoms. The number of hydrogen-bond acceptors (Lipinski definition) is 5. The van der Waals surface area contributed by atoms with Crippen LogP contribution in [0.5, 0.6) is 11.5 Å². The van der Waals surface area contributed by atoms with Crippen molar-refractivity contribution in [3.63, 3.8) is 0 Å². The predicted molar refractivity (Wildman–Crippen MR) is 128 cm³/mol. The van der Waals surface area contributed by atoms with E-state index in [2.05, 4.69) is 5.32 Å². The molecule has 1 amide bonds. The number of ether oxygens (including phenoxy) is 2. The molecule has 0 bridgehead atoms. The van der Waals surface area contributed by atoms with Crippen molar-refractivity contribution in [1.82, 2.24) is 0 Å². The van der Waals surface area contributed by atoms with E-state index in [1.54, 1.807) is 67.8 Å². The maximum absolute atomic E-state index is 13.3. The van der Waals surface area contributed by atoms with Crippen molar-refractivity contribution in [3.8, 4) is 11.5 Å². The molecule has 0 radical (unpaired) electrons. The Labute approximate surface area is 194 Å². The summed E-state index contributed by atoms with van der Waals surface area (Å²) in [5, 5.41) is 2.79. The van der Waals surface area contributed by atoms with Gasteiger partial charge in [-0.25, -0.2) is 8.42 Å². The van der Waals surface area contributed by atoms with Crippen LogP contribution in [-0.4, -0.2) is 34.6 Å². The third-order valence-electron chi connectivity index (χ3n) is 5.48. The molecule has 3 aromatic carbocycles. The molecule has 3 aromatic rings. The Hall–Kier alpha value is -3.52. The third kappa shape index (κ3) is 5.12. The smallest absolute Gasteiger partial charge is 0.264 e. The van der Waals surface area contributed by atoms with Crippen LogP contribution in [0.15, 0.2) is 71.6 Å². The first-order valence-corrected chi connectivity index (χ1v) is 12.1. The number of fused-ring (bicyclic) bond motifs is 1. The van der Waals surface area contributed by atoms with Gasteiger partial charge in [-0.1, -0.05) is 23.8 Å². The quantitative estimate of drug-likeness (QED) is 0.565. The first kappa shape index (κ1) is 22.7. The van der Waals surface area contributed by atoms with E-state index in [9.17, 15) is 13.2 Å². The molecule has 0 saturated heterocycles. The Morgan fingerprint density at radius 2 is 1.70 bits per heavy atom. The van der Waals surface area contributed by atoms with E-state index in [-0.39, 0.29) is 17.4 Å². The molecule has 0 atom stereocenters. The van der Waals surface area contributed by atoms with Crippen molar-refractivity contribution in [2.75, 3.05) is 29.9 Å².